The third-order valence-electron chi connectivity index (χ3n) is 5.11. The molecule has 4 nitrogen and oxygen atoms in total. The lowest BCUT2D eigenvalue weighted by molar-refractivity contribution is -0.137. The first-order valence-electron chi connectivity index (χ1n) is 9.70. The van der Waals surface area contributed by atoms with Crippen molar-refractivity contribution in [1.29, 1.82) is 0 Å². The van der Waals surface area contributed by atoms with Crippen molar-refractivity contribution in [2.24, 2.45) is 0 Å². The van der Waals surface area contributed by atoms with Gasteiger partial charge in [0, 0.05) is 22.2 Å². The normalized spacial score (nSPS) is 16.1. The quantitative estimate of drug-likeness (QED) is 0.408. The van der Waals surface area contributed by atoms with Gasteiger partial charge >= 0.3 is 6.18 Å². The van der Waals surface area contributed by atoms with Crippen LogP contribution in [0.3, 0.4) is 0 Å². The number of carbonyl (C=O) groups is 2. The van der Waals surface area contributed by atoms with Crippen LogP contribution >= 0.6 is 22.9 Å². The molecule has 0 radical (unpaired) electrons. The highest BCUT2D eigenvalue weighted by atomic mass is 35.5. The van der Waals surface area contributed by atoms with Crippen molar-refractivity contribution in [2.75, 3.05) is 11.2 Å². The molecular formula is C21H22ClF3N2O2S. The van der Waals surface area contributed by atoms with E-state index in [9.17, 15) is 22.8 Å². The third kappa shape index (κ3) is 5.55. The molecule has 1 amide bonds. The first-order valence-corrected chi connectivity index (χ1v) is 11.1. The molecule has 1 aliphatic carbocycles. The molecule has 1 saturated carbocycles. The van der Waals surface area contributed by atoms with E-state index >= 15 is 0 Å². The Balaban J connectivity index is 1.90. The van der Waals surface area contributed by atoms with Crippen molar-refractivity contribution in [3.63, 3.8) is 0 Å². The molecule has 0 bridgehead atoms. The molecule has 1 aliphatic rings. The molecule has 2 aromatic rings. The molecule has 2 N–H and O–H groups in total. The predicted molar refractivity (Wildman–Crippen MR) is 112 cm³/mol. The number of ketones is 1. The van der Waals surface area contributed by atoms with Crippen molar-refractivity contribution in [3.05, 3.63) is 51.7 Å². The number of rotatable bonds is 7. The molecule has 3 rings (SSSR count). The van der Waals surface area contributed by atoms with Crippen molar-refractivity contribution in [2.45, 2.75) is 50.4 Å². The molecule has 0 saturated heterocycles. The molecule has 1 aromatic carbocycles. The van der Waals surface area contributed by atoms with Crippen LogP contribution in [0.5, 0.6) is 0 Å². The molecule has 162 valence electrons. The topological polar surface area (TPSA) is 58.2 Å². The molecule has 1 unspecified atom stereocenters. The molecule has 30 heavy (non-hydrogen) atoms. The number of benzene rings is 1. The summed E-state index contributed by atoms with van der Waals surface area (Å²) < 4.78 is 39.3. The Kier molecular flexibility index (Phi) is 7.41. The number of alkyl halides is 4. The minimum Gasteiger partial charge on any atom is -0.369 e. The van der Waals surface area contributed by atoms with E-state index in [4.69, 9.17) is 11.6 Å². The lowest BCUT2D eigenvalue weighted by atomic mass is 9.95. The SMILES string of the molecule is O=C(CCl)c1cc(C(F)(F)F)ccc1NC(C(=O)NC1CCCCC1)c1cccs1. The van der Waals surface area contributed by atoms with E-state index in [2.05, 4.69) is 10.6 Å². The van der Waals surface area contributed by atoms with E-state index in [1.165, 1.54) is 17.4 Å². The van der Waals surface area contributed by atoms with E-state index in [1.807, 2.05) is 5.38 Å². The van der Waals surface area contributed by atoms with E-state index in [-0.39, 0.29) is 23.2 Å². The van der Waals surface area contributed by atoms with Gasteiger partial charge in [-0.1, -0.05) is 25.3 Å². The lowest BCUT2D eigenvalue weighted by Gasteiger charge is -2.26. The molecule has 0 spiro atoms. The average molecular weight is 459 g/mol. The maximum Gasteiger partial charge on any atom is 0.416 e. The van der Waals surface area contributed by atoms with Gasteiger partial charge in [0.05, 0.1) is 11.4 Å². The van der Waals surface area contributed by atoms with Gasteiger partial charge in [0.1, 0.15) is 6.04 Å². The van der Waals surface area contributed by atoms with Gasteiger partial charge < -0.3 is 10.6 Å². The van der Waals surface area contributed by atoms with Gasteiger partial charge in [-0.05, 0) is 42.5 Å². The van der Waals surface area contributed by atoms with Crippen LogP contribution in [0.15, 0.2) is 35.7 Å². The Labute approximate surface area is 181 Å². The molecule has 9 heteroatoms. The summed E-state index contributed by atoms with van der Waals surface area (Å²) in [6.07, 6.45) is 0.461. The second kappa shape index (κ2) is 9.83. The standard InChI is InChI=1S/C21H22ClF3N2O2S/c22-12-17(28)15-11-13(21(23,24)25)8-9-16(15)27-19(18-7-4-10-30-18)20(29)26-14-5-2-1-3-6-14/h4,7-11,14,19,27H,1-3,5-6,12H2,(H,26,29). The van der Waals surface area contributed by atoms with Crippen LogP contribution in [0.1, 0.15) is 58.9 Å². The predicted octanol–water partition coefficient (Wildman–Crippen LogP) is 5.79. The first-order chi connectivity index (χ1) is 14.3. The Bertz CT molecular complexity index is 881. The number of hydrogen-bond acceptors (Lipinski definition) is 4. The fraction of sp³-hybridized carbons (Fsp3) is 0.429. The summed E-state index contributed by atoms with van der Waals surface area (Å²) in [5, 5.41) is 7.84. The van der Waals surface area contributed by atoms with Gasteiger partial charge in [-0.2, -0.15) is 13.2 Å². The number of Topliss-reactive ketones (excluding diaryl/α,β-unsaturated/α-hetero) is 1. The summed E-state index contributed by atoms with van der Waals surface area (Å²) >= 11 is 6.97. The second-order valence-corrected chi connectivity index (χ2v) is 8.50. The number of halogens is 4. The summed E-state index contributed by atoms with van der Waals surface area (Å²) in [4.78, 5) is 26.0. The van der Waals surface area contributed by atoms with Crippen molar-refractivity contribution in [1.82, 2.24) is 5.32 Å². The zero-order chi connectivity index (χ0) is 21.7. The number of carbonyl (C=O) groups excluding carboxylic acids is 2. The Hall–Kier alpha value is -2.06. The Morgan fingerprint density at radius 1 is 1.17 bits per heavy atom. The van der Waals surface area contributed by atoms with E-state index in [0.717, 1.165) is 44.2 Å². The molecule has 0 aliphatic heterocycles. The van der Waals surface area contributed by atoms with E-state index < -0.39 is 29.4 Å². The molecule has 1 aromatic heterocycles. The lowest BCUT2D eigenvalue weighted by Crippen LogP contribution is -2.41. The molecule has 1 fully saturated rings. The number of amides is 1. The maximum atomic E-state index is 13.1. The van der Waals surface area contributed by atoms with Crippen molar-refractivity contribution < 1.29 is 22.8 Å². The van der Waals surface area contributed by atoms with Crippen LogP contribution in [-0.4, -0.2) is 23.6 Å². The number of thiophene rings is 1. The van der Waals surface area contributed by atoms with Gasteiger partial charge in [-0.15, -0.1) is 22.9 Å². The zero-order valence-electron chi connectivity index (χ0n) is 16.1. The molecule has 1 heterocycles. The van der Waals surface area contributed by atoms with Crippen LogP contribution in [0.2, 0.25) is 0 Å². The van der Waals surface area contributed by atoms with Crippen LogP contribution in [-0.2, 0) is 11.0 Å². The minimum atomic E-state index is -4.59. The van der Waals surface area contributed by atoms with Crippen LogP contribution in [0.25, 0.3) is 0 Å². The minimum absolute atomic E-state index is 0.0760. The van der Waals surface area contributed by atoms with Crippen LogP contribution in [0.4, 0.5) is 18.9 Å². The zero-order valence-corrected chi connectivity index (χ0v) is 17.7. The number of hydrogen-bond donors (Lipinski definition) is 2. The highest BCUT2D eigenvalue weighted by Gasteiger charge is 2.32. The van der Waals surface area contributed by atoms with Gasteiger partial charge in [0.25, 0.3) is 0 Å². The maximum absolute atomic E-state index is 13.1. The van der Waals surface area contributed by atoms with Gasteiger partial charge in [-0.25, -0.2) is 0 Å². The van der Waals surface area contributed by atoms with Crippen LogP contribution < -0.4 is 10.6 Å². The van der Waals surface area contributed by atoms with E-state index in [0.29, 0.717) is 4.88 Å². The largest absolute Gasteiger partial charge is 0.416 e. The summed E-state index contributed by atoms with van der Waals surface area (Å²) in [6, 6.07) is 5.65. The van der Waals surface area contributed by atoms with Gasteiger partial charge in [-0.3, -0.25) is 9.59 Å². The van der Waals surface area contributed by atoms with Crippen molar-refractivity contribution >= 4 is 40.3 Å². The Morgan fingerprint density at radius 2 is 1.90 bits per heavy atom. The van der Waals surface area contributed by atoms with Gasteiger partial charge in [0.15, 0.2) is 5.78 Å². The van der Waals surface area contributed by atoms with Crippen molar-refractivity contribution in [3.8, 4) is 0 Å². The first kappa shape index (κ1) is 22.6. The highest BCUT2D eigenvalue weighted by molar-refractivity contribution is 7.10. The average Bonchev–Trinajstić information content (AvgIpc) is 3.25. The second-order valence-electron chi connectivity index (χ2n) is 7.25. The monoisotopic (exact) mass is 458 g/mol. The van der Waals surface area contributed by atoms with E-state index in [1.54, 1.807) is 12.1 Å². The fourth-order valence-electron chi connectivity index (χ4n) is 3.56. The Morgan fingerprint density at radius 3 is 2.50 bits per heavy atom. The number of nitrogens with one attached hydrogen (secondary N) is 2. The highest BCUT2D eigenvalue weighted by Crippen LogP contribution is 2.34. The number of anilines is 1. The molecular weight excluding hydrogens is 437 g/mol. The molecule has 1 atom stereocenters. The smallest absolute Gasteiger partial charge is 0.369 e. The van der Waals surface area contributed by atoms with Crippen LogP contribution in [0, 0.1) is 0 Å². The fourth-order valence-corrected chi connectivity index (χ4v) is 4.47. The summed E-state index contributed by atoms with van der Waals surface area (Å²) in [7, 11) is 0. The summed E-state index contributed by atoms with van der Waals surface area (Å²) in [5.74, 6) is -1.38. The summed E-state index contributed by atoms with van der Waals surface area (Å²) in [6.45, 7) is 0. The third-order valence-corrected chi connectivity index (χ3v) is 6.29. The van der Waals surface area contributed by atoms with Gasteiger partial charge in [0.2, 0.25) is 5.91 Å². The summed E-state index contributed by atoms with van der Waals surface area (Å²) in [5.41, 5.74) is -0.987.